The molecule has 3 heterocycles. The molecular weight excluding hydrogens is 455 g/mol. The van der Waals surface area contributed by atoms with Gasteiger partial charge in [-0.3, -0.25) is 14.6 Å². The summed E-state index contributed by atoms with van der Waals surface area (Å²) in [6, 6.07) is 9.42. The maximum atomic E-state index is 13.1. The van der Waals surface area contributed by atoms with Crippen molar-refractivity contribution in [2.75, 3.05) is 5.32 Å². The number of fused-ring (bicyclic) bond motifs is 1. The first-order valence-electron chi connectivity index (χ1n) is 10.0. The Kier molecular flexibility index (Phi) is 5.12. The van der Waals surface area contributed by atoms with Crippen molar-refractivity contribution in [1.29, 1.82) is 0 Å². The SMILES string of the molecule is O=C(Nc1cc(-c2cccs2)nn1-c1nc2c(c(=O)[nH]1)CCC2)c1cccc(C(F)(F)F)c1. The smallest absolute Gasteiger partial charge is 0.306 e. The van der Waals surface area contributed by atoms with Gasteiger partial charge in [-0.2, -0.15) is 23.0 Å². The van der Waals surface area contributed by atoms with E-state index in [0.29, 0.717) is 29.8 Å². The molecule has 11 heteroatoms. The molecule has 0 fully saturated rings. The highest BCUT2D eigenvalue weighted by atomic mass is 32.1. The number of H-pyrrole nitrogens is 1. The third-order valence-electron chi connectivity index (χ3n) is 5.31. The zero-order valence-corrected chi connectivity index (χ0v) is 17.8. The Labute approximate surface area is 188 Å². The van der Waals surface area contributed by atoms with Gasteiger partial charge >= 0.3 is 6.18 Å². The van der Waals surface area contributed by atoms with Gasteiger partial charge in [0.1, 0.15) is 11.5 Å². The van der Waals surface area contributed by atoms with Crippen LogP contribution in [0.3, 0.4) is 0 Å². The molecule has 33 heavy (non-hydrogen) atoms. The lowest BCUT2D eigenvalue weighted by atomic mass is 10.1. The summed E-state index contributed by atoms with van der Waals surface area (Å²) in [6.45, 7) is 0. The highest BCUT2D eigenvalue weighted by Gasteiger charge is 2.31. The van der Waals surface area contributed by atoms with Crippen molar-refractivity contribution in [3.05, 3.63) is 80.6 Å². The van der Waals surface area contributed by atoms with Crippen LogP contribution in [0.25, 0.3) is 16.5 Å². The Bertz CT molecular complexity index is 1410. The summed E-state index contributed by atoms with van der Waals surface area (Å²) in [5, 5.41) is 8.97. The number of hydrogen-bond acceptors (Lipinski definition) is 5. The molecule has 0 saturated carbocycles. The number of rotatable bonds is 4. The average Bonchev–Trinajstić information content (AvgIpc) is 3.53. The lowest BCUT2D eigenvalue weighted by Crippen LogP contribution is -2.21. The molecule has 0 unspecified atom stereocenters. The van der Waals surface area contributed by atoms with Crippen molar-refractivity contribution in [2.45, 2.75) is 25.4 Å². The Morgan fingerprint density at radius 1 is 1.15 bits per heavy atom. The molecule has 3 aromatic heterocycles. The normalized spacial score (nSPS) is 13.2. The van der Waals surface area contributed by atoms with Crippen molar-refractivity contribution in [2.24, 2.45) is 0 Å². The van der Waals surface area contributed by atoms with Crippen LogP contribution < -0.4 is 10.9 Å². The van der Waals surface area contributed by atoms with Crippen LogP contribution in [-0.2, 0) is 19.0 Å². The first kappa shape index (κ1) is 21.1. The van der Waals surface area contributed by atoms with Crippen LogP contribution in [0.4, 0.5) is 19.0 Å². The first-order valence-corrected chi connectivity index (χ1v) is 10.9. The van der Waals surface area contributed by atoms with Crippen LogP contribution in [0.5, 0.6) is 0 Å². The number of aromatic nitrogens is 4. The van der Waals surface area contributed by atoms with E-state index in [0.717, 1.165) is 23.4 Å². The molecular formula is C22H16F3N5O2S. The minimum atomic E-state index is -4.57. The topological polar surface area (TPSA) is 92.7 Å². The maximum absolute atomic E-state index is 13.1. The lowest BCUT2D eigenvalue weighted by molar-refractivity contribution is -0.137. The summed E-state index contributed by atoms with van der Waals surface area (Å²) < 4.78 is 40.5. The fraction of sp³-hybridized carbons (Fsp3) is 0.182. The molecule has 0 saturated heterocycles. The molecule has 7 nitrogen and oxygen atoms in total. The van der Waals surface area contributed by atoms with E-state index in [9.17, 15) is 22.8 Å². The third-order valence-corrected chi connectivity index (χ3v) is 6.20. The van der Waals surface area contributed by atoms with Crippen molar-refractivity contribution < 1.29 is 18.0 Å². The Hall–Kier alpha value is -3.73. The Morgan fingerprint density at radius 3 is 2.76 bits per heavy atom. The average molecular weight is 471 g/mol. The largest absolute Gasteiger partial charge is 0.416 e. The number of thiophene rings is 1. The van der Waals surface area contributed by atoms with Crippen LogP contribution in [0, 0.1) is 0 Å². The number of amides is 1. The van der Waals surface area contributed by atoms with Gasteiger partial charge in [-0.05, 0) is 48.9 Å². The zero-order valence-electron chi connectivity index (χ0n) is 16.9. The standard InChI is InChI=1S/C22H16F3N5O2S/c23-22(24,25)13-5-1-4-12(10-13)19(31)27-18-11-16(17-8-3-9-33-17)29-30(18)21-26-15-7-2-6-14(15)20(32)28-21/h1,3-5,8-11H,2,6-7H2,(H,27,31)(H,26,28,32). The van der Waals surface area contributed by atoms with E-state index in [2.05, 4.69) is 20.4 Å². The van der Waals surface area contributed by atoms with E-state index in [1.165, 1.54) is 28.2 Å². The number of aryl methyl sites for hydroxylation is 1. The number of halogens is 3. The predicted molar refractivity (Wildman–Crippen MR) is 117 cm³/mol. The number of alkyl halides is 3. The van der Waals surface area contributed by atoms with Crippen LogP contribution >= 0.6 is 11.3 Å². The number of carbonyl (C=O) groups is 1. The van der Waals surface area contributed by atoms with E-state index in [4.69, 9.17) is 0 Å². The fourth-order valence-electron chi connectivity index (χ4n) is 3.73. The molecule has 0 radical (unpaired) electrons. The summed E-state index contributed by atoms with van der Waals surface area (Å²) in [5.41, 5.74) is 0.484. The van der Waals surface area contributed by atoms with Crippen molar-refractivity contribution in [1.82, 2.24) is 19.7 Å². The molecule has 4 aromatic rings. The summed E-state index contributed by atoms with van der Waals surface area (Å²) in [5.74, 6) is -0.451. The predicted octanol–water partition coefficient (Wildman–Crippen LogP) is 4.44. The first-order chi connectivity index (χ1) is 15.8. The van der Waals surface area contributed by atoms with Gasteiger partial charge in [0.05, 0.1) is 16.1 Å². The second-order valence-electron chi connectivity index (χ2n) is 7.50. The highest BCUT2D eigenvalue weighted by Crippen LogP contribution is 2.31. The summed E-state index contributed by atoms with van der Waals surface area (Å²) in [6.07, 6.45) is -2.43. The number of hydrogen-bond donors (Lipinski definition) is 2. The van der Waals surface area contributed by atoms with Gasteiger partial charge < -0.3 is 5.32 Å². The van der Waals surface area contributed by atoms with E-state index in [-0.39, 0.29) is 22.9 Å². The molecule has 2 N–H and O–H groups in total. The minimum absolute atomic E-state index is 0.128. The monoisotopic (exact) mass is 471 g/mol. The maximum Gasteiger partial charge on any atom is 0.416 e. The van der Waals surface area contributed by atoms with Gasteiger partial charge in [0, 0.05) is 17.2 Å². The van der Waals surface area contributed by atoms with Gasteiger partial charge in [-0.15, -0.1) is 11.3 Å². The van der Waals surface area contributed by atoms with Gasteiger partial charge in [-0.25, -0.2) is 4.98 Å². The van der Waals surface area contributed by atoms with E-state index < -0.39 is 17.6 Å². The highest BCUT2D eigenvalue weighted by molar-refractivity contribution is 7.13. The third kappa shape index (κ3) is 4.07. The zero-order chi connectivity index (χ0) is 23.2. The Balaban J connectivity index is 1.56. The van der Waals surface area contributed by atoms with Gasteiger partial charge in [0.15, 0.2) is 0 Å². The number of aromatic amines is 1. The molecule has 0 atom stereocenters. The second kappa shape index (κ2) is 8.00. The number of anilines is 1. The van der Waals surface area contributed by atoms with Crippen LogP contribution in [0.1, 0.15) is 33.6 Å². The molecule has 1 aliphatic rings. The minimum Gasteiger partial charge on any atom is -0.306 e. The van der Waals surface area contributed by atoms with Gasteiger partial charge in [0.2, 0.25) is 5.95 Å². The Morgan fingerprint density at radius 2 is 2.00 bits per heavy atom. The summed E-state index contributed by atoms with van der Waals surface area (Å²) in [4.78, 5) is 33.3. The van der Waals surface area contributed by atoms with Crippen molar-refractivity contribution >= 4 is 23.1 Å². The molecule has 1 amide bonds. The van der Waals surface area contributed by atoms with Crippen molar-refractivity contribution in [3.8, 4) is 16.5 Å². The molecule has 0 bridgehead atoms. The summed E-state index contributed by atoms with van der Waals surface area (Å²) in [7, 11) is 0. The molecule has 168 valence electrons. The van der Waals surface area contributed by atoms with E-state index in [1.807, 2.05) is 17.5 Å². The second-order valence-corrected chi connectivity index (χ2v) is 8.45. The van der Waals surface area contributed by atoms with Crippen molar-refractivity contribution in [3.63, 3.8) is 0 Å². The number of nitrogens with one attached hydrogen (secondary N) is 2. The molecule has 0 aliphatic heterocycles. The van der Waals surface area contributed by atoms with E-state index >= 15 is 0 Å². The summed E-state index contributed by atoms with van der Waals surface area (Å²) >= 11 is 1.43. The number of nitrogens with zero attached hydrogens (tertiary/aromatic N) is 3. The van der Waals surface area contributed by atoms with E-state index in [1.54, 1.807) is 6.07 Å². The molecule has 0 spiro atoms. The fourth-order valence-corrected chi connectivity index (χ4v) is 4.41. The molecule has 5 rings (SSSR count). The van der Waals surface area contributed by atoms with Gasteiger partial charge in [0.25, 0.3) is 11.5 Å². The lowest BCUT2D eigenvalue weighted by Gasteiger charge is -2.11. The number of benzene rings is 1. The quantitative estimate of drug-likeness (QED) is 0.460. The number of carbonyl (C=O) groups excluding carboxylic acids is 1. The van der Waals surface area contributed by atoms with Crippen LogP contribution in [-0.4, -0.2) is 25.7 Å². The molecule has 1 aliphatic carbocycles. The van der Waals surface area contributed by atoms with Gasteiger partial charge in [-0.1, -0.05) is 12.1 Å². The molecule has 1 aromatic carbocycles. The van der Waals surface area contributed by atoms with Crippen LogP contribution in [0.2, 0.25) is 0 Å². The van der Waals surface area contributed by atoms with Crippen LogP contribution in [0.15, 0.2) is 52.6 Å².